The molecule has 1 fully saturated rings. The van der Waals surface area contributed by atoms with E-state index in [2.05, 4.69) is 10.3 Å². The van der Waals surface area contributed by atoms with Crippen molar-refractivity contribution in [1.29, 1.82) is 0 Å². The van der Waals surface area contributed by atoms with Gasteiger partial charge in [0, 0.05) is 24.2 Å². The van der Waals surface area contributed by atoms with Gasteiger partial charge in [-0.2, -0.15) is 0 Å². The van der Waals surface area contributed by atoms with Crippen molar-refractivity contribution >= 4 is 16.8 Å². The van der Waals surface area contributed by atoms with Gasteiger partial charge in [0.05, 0.1) is 11.4 Å². The molecule has 0 spiro atoms. The Balaban J connectivity index is 1.70. The van der Waals surface area contributed by atoms with Crippen molar-refractivity contribution in [2.24, 2.45) is 11.7 Å². The number of fused-ring (bicyclic) bond motifs is 1. The van der Waals surface area contributed by atoms with E-state index in [1.54, 1.807) is 6.20 Å². The van der Waals surface area contributed by atoms with Crippen molar-refractivity contribution in [3.63, 3.8) is 0 Å². The Morgan fingerprint density at radius 3 is 2.90 bits per heavy atom. The van der Waals surface area contributed by atoms with Crippen molar-refractivity contribution in [2.45, 2.75) is 38.3 Å². The minimum Gasteiger partial charge on any atom is -0.352 e. The van der Waals surface area contributed by atoms with Crippen molar-refractivity contribution in [1.82, 2.24) is 10.3 Å². The van der Waals surface area contributed by atoms with Crippen LogP contribution in [-0.2, 0) is 11.3 Å². The van der Waals surface area contributed by atoms with E-state index in [1.807, 2.05) is 30.3 Å². The quantitative estimate of drug-likeness (QED) is 0.908. The van der Waals surface area contributed by atoms with Crippen LogP contribution in [0, 0.1) is 5.92 Å². The van der Waals surface area contributed by atoms with Crippen molar-refractivity contribution in [3.8, 4) is 0 Å². The van der Waals surface area contributed by atoms with Gasteiger partial charge in [-0.05, 0) is 24.5 Å². The first kappa shape index (κ1) is 14.0. The van der Waals surface area contributed by atoms with Crippen molar-refractivity contribution < 1.29 is 4.79 Å². The molecule has 4 heteroatoms. The van der Waals surface area contributed by atoms with Gasteiger partial charge >= 0.3 is 0 Å². The van der Waals surface area contributed by atoms with Crippen LogP contribution in [0.4, 0.5) is 0 Å². The highest BCUT2D eigenvalue weighted by Gasteiger charge is 2.27. The molecule has 4 nitrogen and oxygen atoms in total. The zero-order chi connectivity index (χ0) is 14.7. The number of nitrogens with one attached hydrogen (secondary N) is 1. The van der Waals surface area contributed by atoms with Gasteiger partial charge in [-0.15, -0.1) is 0 Å². The van der Waals surface area contributed by atoms with Crippen LogP contribution in [0.2, 0.25) is 0 Å². The second-order valence-corrected chi connectivity index (χ2v) is 5.76. The number of hydrogen-bond donors (Lipinski definition) is 2. The van der Waals surface area contributed by atoms with Gasteiger partial charge in [0.15, 0.2) is 0 Å². The summed E-state index contributed by atoms with van der Waals surface area (Å²) >= 11 is 0. The fraction of sp³-hybridized carbons (Fsp3) is 0.412. The molecule has 2 atom stereocenters. The number of nitrogens with zero attached hydrogens (tertiary/aromatic N) is 1. The number of carbonyl (C=O) groups is 1. The second kappa shape index (κ2) is 6.22. The summed E-state index contributed by atoms with van der Waals surface area (Å²) in [7, 11) is 0. The molecule has 1 saturated carbocycles. The van der Waals surface area contributed by atoms with E-state index in [0.717, 1.165) is 42.1 Å². The zero-order valence-electron chi connectivity index (χ0n) is 12.1. The molecule has 110 valence electrons. The fourth-order valence-electron chi connectivity index (χ4n) is 3.11. The Morgan fingerprint density at radius 2 is 2.05 bits per heavy atom. The molecule has 1 amide bonds. The van der Waals surface area contributed by atoms with Crippen LogP contribution in [0.25, 0.3) is 10.9 Å². The first-order chi connectivity index (χ1) is 10.3. The number of rotatable bonds is 3. The Hall–Kier alpha value is -1.94. The topological polar surface area (TPSA) is 68.0 Å². The molecule has 0 bridgehead atoms. The average Bonchev–Trinajstić information content (AvgIpc) is 2.53. The van der Waals surface area contributed by atoms with Crippen LogP contribution < -0.4 is 11.1 Å². The summed E-state index contributed by atoms with van der Waals surface area (Å²) in [4.78, 5) is 16.7. The number of para-hydroxylation sites is 1. The van der Waals surface area contributed by atoms with E-state index in [1.165, 1.54) is 0 Å². The summed E-state index contributed by atoms with van der Waals surface area (Å²) < 4.78 is 0. The summed E-state index contributed by atoms with van der Waals surface area (Å²) in [6.07, 6.45) is 5.87. The summed E-state index contributed by atoms with van der Waals surface area (Å²) in [5.41, 5.74) is 8.07. The van der Waals surface area contributed by atoms with Crippen LogP contribution in [0.15, 0.2) is 36.5 Å². The van der Waals surface area contributed by atoms with Crippen LogP contribution in [0.3, 0.4) is 0 Å². The normalized spacial score (nSPS) is 22.1. The van der Waals surface area contributed by atoms with Crippen LogP contribution in [-0.4, -0.2) is 16.9 Å². The Bertz CT molecular complexity index is 635. The highest BCUT2D eigenvalue weighted by Crippen LogP contribution is 2.23. The van der Waals surface area contributed by atoms with Crippen LogP contribution in [0.5, 0.6) is 0 Å². The maximum atomic E-state index is 12.3. The van der Waals surface area contributed by atoms with Gasteiger partial charge < -0.3 is 11.1 Å². The molecule has 3 rings (SSSR count). The van der Waals surface area contributed by atoms with Crippen LogP contribution >= 0.6 is 0 Å². The SMILES string of the molecule is NC1CCCCC1C(=O)NCc1cccc2cccnc12. The first-order valence-corrected chi connectivity index (χ1v) is 7.61. The van der Waals surface area contributed by atoms with Gasteiger partial charge in [-0.3, -0.25) is 9.78 Å². The van der Waals surface area contributed by atoms with Crippen molar-refractivity contribution in [3.05, 3.63) is 42.1 Å². The number of amides is 1. The highest BCUT2D eigenvalue weighted by molar-refractivity contribution is 5.83. The molecule has 1 aliphatic rings. The predicted octanol–water partition coefficient (Wildman–Crippen LogP) is 2.37. The Labute approximate surface area is 124 Å². The summed E-state index contributed by atoms with van der Waals surface area (Å²) in [6, 6.07) is 10.00. The lowest BCUT2D eigenvalue weighted by atomic mass is 9.84. The first-order valence-electron chi connectivity index (χ1n) is 7.61. The Morgan fingerprint density at radius 1 is 1.24 bits per heavy atom. The van der Waals surface area contributed by atoms with Gasteiger partial charge in [-0.25, -0.2) is 0 Å². The van der Waals surface area contributed by atoms with E-state index in [9.17, 15) is 4.79 Å². The average molecular weight is 283 g/mol. The van der Waals surface area contributed by atoms with Gasteiger partial charge in [0.2, 0.25) is 5.91 Å². The number of aromatic nitrogens is 1. The molecule has 1 aromatic carbocycles. The number of carbonyl (C=O) groups excluding carboxylic acids is 1. The number of benzene rings is 1. The minimum absolute atomic E-state index is 0.00407. The summed E-state index contributed by atoms with van der Waals surface area (Å²) in [5, 5.41) is 4.13. The third-order valence-corrected chi connectivity index (χ3v) is 4.33. The largest absolute Gasteiger partial charge is 0.352 e. The van der Waals surface area contributed by atoms with Crippen LogP contribution in [0.1, 0.15) is 31.2 Å². The lowest BCUT2D eigenvalue weighted by Gasteiger charge is -2.27. The third kappa shape index (κ3) is 3.05. The molecule has 3 N–H and O–H groups in total. The summed E-state index contributed by atoms with van der Waals surface area (Å²) in [6.45, 7) is 0.510. The Kier molecular flexibility index (Phi) is 4.15. The molecular formula is C17H21N3O. The number of nitrogens with two attached hydrogens (primary N) is 1. The molecule has 2 aromatic rings. The summed E-state index contributed by atoms with van der Waals surface area (Å²) in [5.74, 6) is 0.0387. The maximum Gasteiger partial charge on any atom is 0.224 e. The number of hydrogen-bond acceptors (Lipinski definition) is 3. The van der Waals surface area contributed by atoms with Crippen molar-refractivity contribution in [2.75, 3.05) is 0 Å². The van der Waals surface area contributed by atoms with Gasteiger partial charge in [-0.1, -0.05) is 37.1 Å². The molecule has 21 heavy (non-hydrogen) atoms. The lowest BCUT2D eigenvalue weighted by molar-refractivity contribution is -0.126. The monoisotopic (exact) mass is 283 g/mol. The second-order valence-electron chi connectivity index (χ2n) is 5.76. The van der Waals surface area contributed by atoms with E-state index in [0.29, 0.717) is 6.54 Å². The predicted molar refractivity (Wildman–Crippen MR) is 83.5 cm³/mol. The molecule has 0 aliphatic heterocycles. The highest BCUT2D eigenvalue weighted by atomic mass is 16.1. The van der Waals surface area contributed by atoms with Gasteiger partial charge in [0.25, 0.3) is 0 Å². The molecule has 1 heterocycles. The zero-order valence-corrected chi connectivity index (χ0v) is 12.1. The molecular weight excluding hydrogens is 262 g/mol. The van der Waals surface area contributed by atoms with E-state index >= 15 is 0 Å². The third-order valence-electron chi connectivity index (χ3n) is 4.33. The van der Waals surface area contributed by atoms with E-state index in [-0.39, 0.29) is 17.9 Å². The van der Waals surface area contributed by atoms with E-state index < -0.39 is 0 Å². The smallest absolute Gasteiger partial charge is 0.224 e. The molecule has 0 saturated heterocycles. The number of pyridine rings is 1. The molecule has 0 radical (unpaired) electrons. The minimum atomic E-state index is -0.0401. The molecule has 1 aliphatic carbocycles. The molecule has 1 aromatic heterocycles. The standard InChI is InChI=1S/C17H21N3O/c18-15-9-2-1-8-14(15)17(21)20-11-13-6-3-5-12-7-4-10-19-16(12)13/h3-7,10,14-15H,1-2,8-9,11,18H2,(H,20,21). The fourth-order valence-corrected chi connectivity index (χ4v) is 3.11. The molecule has 2 unspecified atom stereocenters. The lowest BCUT2D eigenvalue weighted by Crippen LogP contribution is -2.43. The van der Waals surface area contributed by atoms with E-state index in [4.69, 9.17) is 5.73 Å². The maximum absolute atomic E-state index is 12.3. The van der Waals surface area contributed by atoms with Gasteiger partial charge in [0.1, 0.15) is 0 Å².